The molecule has 0 radical (unpaired) electrons. The van der Waals surface area contributed by atoms with Crippen molar-refractivity contribution >= 4 is 5.91 Å². The lowest BCUT2D eigenvalue weighted by atomic mass is 10.0. The van der Waals surface area contributed by atoms with Crippen LogP contribution in [0.4, 0.5) is 0 Å². The molecule has 1 heterocycles. The SMILES string of the molecule is Cc1cc(CCNC(=O)[C@H]2C[C@@H](O)CN2)cc(C)c1O. The summed E-state index contributed by atoms with van der Waals surface area (Å²) in [5.41, 5.74) is 2.80. The maximum Gasteiger partial charge on any atom is 0.237 e. The van der Waals surface area contributed by atoms with Gasteiger partial charge in [-0.2, -0.15) is 0 Å². The van der Waals surface area contributed by atoms with E-state index < -0.39 is 6.10 Å². The Hall–Kier alpha value is -1.59. The van der Waals surface area contributed by atoms with E-state index in [0.29, 0.717) is 25.3 Å². The first-order chi connectivity index (χ1) is 9.47. The lowest BCUT2D eigenvalue weighted by Crippen LogP contribution is -2.41. The molecule has 4 N–H and O–H groups in total. The molecule has 0 saturated carbocycles. The molecule has 20 heavy (non-hydrogen) atoms. The van der Waals surface area contributed by atoms with Gasteiger partial charge in [0.05, 0.1) is 12.1 Å². The number of carbonyl (C=O) groups is 1. The Morgan fingerprint density at radius 2 is 2.05 bits per heavy atom. The second kappa shape index (κ2) is 6.24. The molecule has 5 nitrogen and oxygen atoms in total. The van der Waals surface area contributed by atoms with Crippen molar-refractivity contribution in [3.05, 3.63) is 28.8 Å². The number of carbonyl (C=O) groups excluding carboxylic acids is 1. The van der Waals surface area contributed by atoms with Gasteiger partial charge < -0.3 is 20.8 Å². The quantitative estimate of drug-likeness (QED) is 0.642. The van der Waals surface area contributed by atoms with E-state index in [1.165, 1.54) is 0 Å². The summed E-state index contributed by atoms with van der Waals surface area (Å²) in [6, 6.07) is 3.59. The highest BCUT2D eigenvalue weighted by molar-refractivity contribution is 5.82. The number of aliphatic hydroxyl groups excluding tert-OH is 1. The van der Waals surface area contributed by atoms with E-state index in [-0.39, 0.29) is 11.9 Å². The fraction of sp³-hybridized carbons (Fsp3) is 0.533. The van der Waals surface area contributed by atoms with Crippen molar-refractivity contribution in [3.63, 3.8) is 0 Å². The normalized spacial score (nSPS) is 21.9. The van der Waals surface area contributed by atoms with E-state index >= 15 is 0 Å². The molecular formula is C15H22N2O3. The molecule has 2 rings (SSSR count). The minimum absolute atomic E-state index is 0.0613. The monoisotopic (exact) mass is 278 g/mol. The molecule has 0 aliphatic carbocycles. The van der Waals surface area contributed by atoms with Crippen molar-refractivity contribution in [2.24, 2.45) is 0 Å². The summed E-state index contributed by atoms with van der Waals surface area (Å²) in [7, 11) is 0. The van der Waals surface area contributed by atoms with Crippen molar-refractivity contribution in [1.82, 2.24) is 10.6 Å². The molecule has 1 saturated heterocycles. The predicted octanol–water partition coefficient (Wildman–Crippen LogP) is 0.391. The molecule has 1 aliphatic rings. The van der Waals surface area contributed by atoms with Gasteiger partial charge in [0.15, 0.2) is 0 Å². The number of rotatable bonds is 4. The highest BCUT2D eigenvalue weighted by atomic mass is 16.3. The zero-order valence-corrected chi connectivity index (χ0v) is 11.9. The molecule has 0 spiro atoms. The number of aliphatic hydroxyl groups is 1. The lowest BCUT2D eigenvalue weighted by molar-refractivity contribution is -0.122. The molecule has 1 aromatic carbocycles. The number of hydrogen-bond acceptors (Lipinski definition) is 4. The summed E-state index contributed by atoms with van der Waals surface area (Å²) in [5, 5.41) is 24.9. The van der Waals surface area contributed by atoms with Gasteiger partial charge in [0.1, 0.15) is 5.75 Å². The molecule has 1 amide bonds. The van der Waals surface area contributed by atoms with Crippen LogP contribution in [0.3, 0.4) is 0 Å². The Kier molecular flexibility index (Phi) is 4.62. The van der Waals surface area contributed by atoms with E-state index in [1.54, 1.807) is 0 Å². The van der Waals surface area contributed by atoms with Gasteiger partial charge in [-0.15, -0.1) is 0 Å². The number of phenols is 1. The van der Waals surface area contributed by atoms with Gasteiger partial charge in [-0.25, -0.2) is 0 Å². The summed E-state index contributed by atoms with van der Waals surface area (Å²) >= 11 is 0. The van der Waals surface area contributed by atoms with Gasteiger partial charge >= 0.3 is 0 Å². The number of nitrogens with one attached hydrogen (secondary N) is 2. The number of aromatic hydroxyl groups is 1. The zero-order chi connectivity index (χ0) is 14.7. The second-order valence-corrected chi connectivity index (χ2v) is 5.47. The van der Waals surface area contributed by atoms with Crippen LogP contribution in [0, 0.1) is 13.8 Å². The molecule has 0 bridgehead atoms. The molecular weight excluding hydrogens is 256 g/mol. The molecule has 5 heteroatoms. The Morgan fingerprint density at radius 3 is 2.60 bits per heavy atom. The van der Waals surface area contributed by atoms with E-state index in [4.69, 9.17) is 0 Å². The van der Waals surface area contributed by atoms with Crippen LogP contribution in [0.2, 0.25) is 0 Å². The van der Waals surface area contributed by atoms with Crippen molar-refractivity contribution in [3.8, 4) is 5.75 Å². The molecule has 1 fully saturated rings. The van der Waals surface area contributed by atoms with E-state index in [0.717, 1.165) is 23.1 Å². The molecule has 1 aliphatic heterocycles. The van der Waals surface area contributed by atoms with Crippen molar-refractivity contribution in [2.45, 2.75) is 38.8 Å². The largest absolute Gasteiger partial charge is 0.507 e. The summed E-state index contributed by atoms with van der Waals surface area (Å²) < 4.78 is 0. The average molecular weight is 278 g/mol. The minimum atomic E-state index is -0.423. The number of β-amino-alcohol motifs (C(OH)–C–C–N with tert-alkyl or cyclic N) is 1. The number of amides is 1. The Bertz CT molecular complexity index is 479. The Balaban J connectivity index is 1.82. The van der Waals surface area contributed by atoms with Crippen molar-refractivity contribution in [1.29, 1.82) is 0 Å². The number of aryl methyl sites for hydroxylation is 2. The minimum Gasteiger partial charge on any atom is -0.507 e. The first kappa shape index (κ1) is 14.8. The molecule has 1 aromatic rings. The van der Waals surface area contributed by atoms with Crippen LogP contribution in [0.1, 0.15) is 23.1 Å². The van der Waals surface area contributed by atoms with Gasteiger partial charge in [-0.3, -0.25) is 4.79 Å². The maximum absolute atomic E-state index is 11.8. The first-order valence-corrected chi connectivity index (χ1v) is 6.95. The smallest absolute Gasteiger partial charge is 0.237 e. The van der Waals surface area contributed by atoms with E-state index in [9.17, 15) is 15.0 Å². The van der Waals surface area contributed by atoms with Crippen LogP contribution < -0.4 is 10.6 Å². The van der Waals surface area contributed by atoms with Gasteiger partial charge in [0.25, 0.3) is 0 Å². The summed E-state index contributed by atoms with van der Waals surface area (Å²) in [6.07, 6.45) is 0.778. The fourth-order valence-corrected chi connectivity index (χ4v) is 2.56. The maximum atomic E-state index is 11.8. The standard InChI is InChI=1S/C15H22N2O3/c1-9-5-11(6-10(2)14(9)19)3-4-16-15(20)13-7-12(18)8-17-13/h5-6,12-13,17-19H,3-4,7-8H2,1-2H3,(H,16,20)/t12-,13-/m1/s1. The third kappa shape index (κ3) is 3.49. The second-order valence-electron chi connectivity index (χ2n) is 5.47. The lowest BCUT2D eigenvalue weighted by Gasteiger charge is -2.12. The Morgan fingerprint density at radius 1 is 1.40 bits per heavy atom. The van der Waals surface area contributed by atoms with Gasteiger partial charge in [-0.05, 0) is 43.4 Å². The van der Waals surface area contributed by atoms with Crippen LogP contribution in [-0.4, -0.2) is 41.4 Å². The highest BCUT2D eigenvalue weighted by Gasteiger charge is 2.27. The summed E-state index contributed by atoms with van der Waals surface area (Å²) in [5.74, 6) is 0.274. The Labute approximate surface area is 119 Å². The molecule has 0 aromatic heterocycles. The third-order valence-corrected chi connectivity index (χ3v) is 3.69. The van der Waals surface area contributed by atoms with E-state index in [2.05, 4.69) is 10.6 Å². The number of phenolic OH excluding ortho intramolecular Hbond substituents is 1. The van der Waals surface area contributed by atoms with Gasteiger partial charge in [0, 0.05) is 13.1 Å². The van der Waals surface area contributed by atoms with Gasteiger partial charge in [0.2, 0.25) is 5.91 Å². The first-order valence-electron chi connectivity index (χ1n) is 6.95. The summed E-state index contributed by atoms with van der Waals surface area (Å²) in [4.78, 5) is 11.8. The van der Waals surface area contributed by atoms with Crippen LogP contribution in [0.25, 0.3) is 0 Å². The van der Waals surface area contributed by atoms with Crippen LogP contribution >= 0.6 is 0 Å². The average Bonchev–Trinajstić information content (AvgIpc) is 2.82. The van der Waals surface area contributed by atoms with Crippen LogP contribution in [0.5, 0.6) is 5.75 Å². The van der Waals surface area contributed by atoms with Crippen LogP contribution in [0.15, 0.2) is 12.1 Å². The number of hydrogen-bond donors (Lipinski definition) is 4. The molecule has 0 unspecified atom stereocenters. The van der Waals surface area contributed by atoms with Gasteiger partial charge in [-0.1, -0.05) is 12.1 Å². The fourth-order valence-electron chi connectivity index (χ4n) is 2.56. The molecule has 2 atom stereocenters. The number of benzene rings is 1. The zero-order valence-electron chi connectivity index (χ0n) is 11.9. The topological polar surface area (TPSA) is 81.6 Å². The third-order valence-electron chi connectivity index (χ3n) is 3.69. The van der Waals surface area contributed by atoms with E-state index in [1.807, 2.05) is 26.0 Å². The summed E-state index contributed by atoms with van der Waals surface area (Å²) in [6.45, 7) is 4.77. The predicted molar refractivity (Wildman–Crippen MR) is 76.7 cm³/mol. The van der Waals surface area contributed by atoms with Crippen molar-refractivity contribution in [2.75, 3.05) is 13.1 Å². The van der Waals surface area contributed by atoms with Crippen molar-refractivity contribution < 1.29 is 15.0 Å². The highest BCUT2D eigenvalue weighted by Crippen LogP contribution is 2.22. The van der Waals surface area contributed by atoms with Crippen LogP contribution in [-0.2, 0) is 11.2 Å². The molecule has 110 valence electrons.